The fourth-order valence-electron chi connectivity index (χ4n) is 4.61. The number of hydrogen-bond donors (Lipinski definition) is 2. The van der Waals surface area contributed by atoms with Crippen LogP contribution in [0, 0.1) is 6.92 Å². The molecule has 4 aromatic rings. The number of likely N-dealkylation sites (N-methyl/N-ethyl adjacent to an activating group) is 1. The molecule has 0 amide bonds. The number of anilines is 1. The largest absolute Gasteiger partial charge is 0.480 e. The molecular weight excluding hydrogens is 487 g/mol. The quantitative estimate of drug-likeness (QED) is 0.401. The number of halogens is 2. The molecule has 0 spiro atoms. The Morgan fingerprint density at radius 3 is 2.37 bits per heavy atom. The first-order valence-electron chi connectivity index (χ1n) is 11.3. The topological polar surface area (TPSA) is 95.7 Å². The van der Waals surface area contributed by atoms with E-state index in [0.717, 1.165) is 16.7 Å². The van der Waals surface area contributed by atoms with E-state index in [2.05, 4.69) is 10.2 Å². The summed E-state index contributed by atoms with van der Waals surface area (Å²) < 4.78 is 1.74. The van der Waals surface area contributed by atoms with Gasteiger partial charge in [0.05, 0.1) is 10.6 Å². The van der Waals surface area contributed by atoms with E-state index in [1.54, 1.807) is 11.6 Å². The second-order valence-electron chi connectivity index (χ2n) is 8.64. The Bertz CT molecular complexity index is 1410. The van der Waals surface area contributed by atoms with E-state index in [0.29, 0.717) is 59.1 Å². The van der Waals surface area contributed by atoms with E-state index in [1.807, 2.05) is 55.5 Å². The molecule has 2 aromatic carbocycles. The van der Waals surface area contributed by atoms with Gasteiger partial charge in [-0.1, -0.05) is 53.5 Å². The van der Waals surface area contributed by atoms with Crippen molar-refractivity contribution in [2.24, 2.45) is 0 Å². The molecule has 8 nitrogen and oxygen atoms in total. The highest BCUT2D eigenvalue weighted by atomic mass is 35.5. The number of carboxylic acids is 1. The maximum Gasteiger partial charge on any atom is 0.324 e. The van der Waals surface area contributed by atoms with Crippen LogP contribution in [0.2, 0.25) is 10.0 Å². The zero-order valence-corrected chi connectivity index (χ0v) is 20.8. The number of carboxylic acid groups (broad SMARTS) is 1. The van der Waals surface area contributed by atoms with E-state index in [4.69, 9.17) is 38.3 Å². The highest BCUT2D eigenvalue weighted by Crippen LogP contribution is 2.39. The van der Waals surface area contributed by atoms with E-state index < -0.39 is 11.5 Å². The third-order valence-electron chi connectivity index (χ3n) is 6.63. The number of aliphatic carboxylic acids is 1. The summed E-state index contributed by atoms with van der Waals surface area (Å²) >= 11 is 12.7. The molecule has 180 valence electrons. The Hall–Kier alpha value is -3.20. The van der Waals surface area contributed by atoms with Crippen molar-refractivity contribution in [1.29, 1.82) is 0 Å². The van der Waals surface area contributed by atoms with Crippen molar-refractivity contribution in [1.82, 2.24) is 24.9 Å². The van der Waals surface area contributed by atoms with Crippen molar-refractivity contribution in [2.75, 3.05) is 25.0 Å². The predicted octanol–water partition coefficient (Wildman–Crippen LogP) is 4.72. The third-order valence-corrected chi connectivity index (χ3v) is 7.21. The monoisotopic (exact) mass is 510 g/mol. The lowest BCUT2D eigenvalue weighted by Crippen LogP contribution is -2.57. The number of fused-ring (bicyclic) bond motifs is 1. The average molecular weight is 511 g/mol. The Morgan fingerprint density at radius 1 is 1.06 bits per heavy atom. The molecule has 2 N–H and O–H groups in total. The Morgan fingerprint density at radius 2 is 1.74 bits per heavy atom. The van der Waals surface area contributed by atoms with Gasteiger partial charge >= 0.3 is 5.97 Å². The lowest BCUT2D eigenvalue weighted by molar-refractivity contribution is -0.145. The number of aryl methyl sites for hydroxylation is 1. The molecule has 0 unspecified atom stereocenters. The minimum absolute atomic E-state index is 0.437. The number of piperidine rings is 1. The summed E-state index contributed by atoms with van der Waals surface area (Å²) in [7, 11) is 1.69. The molecular formula is C25H24Cl2N6O2. The van der Waals surface area contributed by atoms with Crippen LogP contribution in [0.15, 0.2) is 48.5 Å². The molecule has 0 saturated carbocycles. The molecule has 2 aromatic heterocycles. The van der Waals surface area contributed by atoms with Crippen molar-refractivity contribution < 1.29 is 9.90 Å². The van der Waals surface area contributed by atoms with Gasteiger partial charge in [0.1, 0.15) is 17.1 Å². The first kappa shape index (κ1) is 23.5. The minimum Gasteiger partial charge on any atom is -0.480 e. The van der Waals surface area contributed by atoms with E-state index in [1.165, 1.54) is 0 Å². The highest BCUT2D eigenvalue weighted by Gasteiger charge is 2.41. The molecule has 0 aliphatic carbocycles. The van der Waals surface area contributed by atoms with Gasteiger partial charge in [0.25, 0.3) is 0 Å². The van der Waals surface area contributed by atoms with Gasteiger partial charge in [0.15, 0.2) is 5.65 Å². The Balaban J connectivity index is 1.70. The molecule has 3 heterocycles. The van der Waals surface area contributed by atoms with Crippen LogP contribution in [0.3, 0.4) is 0 Å². The van der Waals surface area contributed by atoms with Gasteiger partial charge in [-0.15, -0.1) is 0 Å². The number of carbonyl (C=O) groups is 1. The summed E-state index contributed by atoms with van der Waals surface area (Å²) in [6.45, 7) is 2.86. The molecule has 5 rings (SSSR count). The number of nitrogens with zero attached hydrogens (tertiary/aromatic N) is 5. The molecule has 0 radical (unpaired) electrons. The van der Waals surface area contributed by atoms with Gasteiger partial charge in [-0.05, 0) is 50.6 Å². The molecule has 1 saturated heterocycles. The van der Waals surface area contributed by atoms with Crippen LogP contribution >= 0.6 is 23.2 Å². The Labute approximate surface area is 212 Å². The standard InChI is InChI=1S/C25H24Cl2N6O2/c1-15-29-22-20(16-7-9-17(26)10-8-16)21(18-5-3-4-6-19(18)27)31-33(22)24(30-15)32-13-11-25(28-2,12-14-32)23(34)35/h3-10,28H,11-14H2,1-2H3,(H,34,35). The SMILES string of the molecule is CNC1(C(=O)O)CCN(c2nc(C)nc3c(-c4ccc(Cl)cc4)c(-c4ccccc4Cl)nn23)CC1. The van der Waals surface area contributed by atoms with Crippen LogP contribution in [-0.2, 0) is 4.79 Å². The van der Waals surface area contributed by atoms with Crippen LogP contribution in [-0.4, -0.2) is 56.3 Å². The summed E-state index contributed by atoms with van der Waals surface area (Å²) in [4.78, 5) is 23.4. The van der Waals surface area contributed by atoms with Gasteiger partial charge in [0, 0.05) is 23.7 Å². The van der Waals surface area contributed by atoms with Crippen LogP contribution in [0.1, 0.15) is 18.7 Å². The second-order valence-corrected chi connectivity index (χ2v) is 9.48. The highest BCUT2D eigenvalue weighted by molar-refractivity contribution is 6.33. The average Bonchev–Trinajstić information content (AvgIpc) is 3.23. The van der Waals surface area contributed by atoms with Gasteiger partial charge in [0.2, 0.25) is 5.95 Å². The van der Waals surface area contributed by atoms with Gasteiger partial charge in [-0.3, -0.25) is 4.79 Å². The van der Waals surface area contributed by atoms with E-state index in [-0.39, 0.29) is 0 Å². The number of rotatable bonds is 5. The van der Waals surface area contributed by atoms with Gasteiger partial charge in [-0.2, -0.15) is 14.6 Å². The summed E-state index contributed by atoms with van der Waals surface area (Å²) in [5, 5.41) is 18.9. The second kappa shape index (κ2) is 9.11. The Kier molecular flexibility index (Phi) is 6.13. The summed E-state index contributed by atoms with van der Waals surface area (Å²) in [5.41, 5.74) is 2.90. The zero-order valence-electron chi connectivity index (χ0n) is 19.3. The zero-order chi connectivity index (χ0) is 24.7. The minimum atomic E-state index is -0.945. The smallest absolute Gasteiger partial charge is 0.324 e. The molecule has 0 bridgehead atoms. The van der Waals surface area contributed by atoms with Crippen LogP contribution in [0.25, 0.3) is 28.0 Å². The van der Waals surface area contributed by atoms with Crippen molar-refractivity contribution in [3.63, 3.8) is 0 Å². The van der Waals surface area contributed by atoms with Crippen molar-refractivity contribution in [3.8, 4) is 22.4 Å². The maximum absolute atomic E-state index is 11.9. The van der Waals surface area contributed by atoms with E-state index >= 15 is 0 Å². The fraction of sp³-hybridized carbons (Fsp3) is 0.280. The molecule has 0 atom stereocenters. The molecule has 1 aliphatic heterocycles. The normalized spacial score (nSPS) is 15.5. The van der Waals surface area contributed by atoms with Gasteiger partial charge in [-0.25, -0.2) is 4.98 Å². The number of aromatic nitrogens is 4. The fourth-order valence-corrected chi connectivity index (χ4v) is 4.96. The van der Waals surface area contributed by atoms with Crippen molar-refractivity contribution in [2.45, 2.75) is 25.3 Å². The predicted molar refractivity (Wildman–Crippen MR) is 137 cm³/mol. The molecule has 1 fully saturated rings. The number of hydrogen-bond acceptors (Lipinski definition) is 6. The summed E-state index contributed by atoms with van der Waals surface area (Å²) in [6.07, 6.45) is 0.873. The van der Waals surface area contributed by atoms with Crippen LogP contribution in [0.4, 0.5) is 5.95 Å². The van der Waals surface area contributed by atoms with Gasteiger partial charge < -0.3 is 15.3 Å². The lowest BCUT2D eigenvalue weighted by atomic mass is 9.88. The van der Waals surface area contributed by atoms with Crippen LogP contribution in [0.5, 0.6) is 0 Å². The first-order chi connectivity index (χ1) is 16.8. The third kappa shape index (κ3) is 4.11. The lowest BCUT2D eigenvalue weighted by Gasteiger charge is -2.38. The maximum atomic E-state index is 11.9. The number of benzene rings is 2. The molecule has 35 heavy (non-hydrogen) atoms. The number of nitrogens with one attached hydrogen (secondary N) is 1. The van der Waals surface area contributed by atoms with Crippen LogP contribution < -0.4 is 10.2 Å². The van der Waals surface area contributed by atoms with Crippen molar-refractivity contribution in [3.05, 3.63) is 64.4 Å². The summed E-state index contributed by atoms with van der Waals surface area (Å²) in [5.74, 6) is 0.377. The summed E-state index contributed by atoms with van der Waals surface area (Å²) in [6, 6.07) is 15.1. The van der Waals surface area contributed by atoms with Crippen molar-refractivity contribution >= 4 is 40.8 Å². The molecule has 1 aliphatic rings. The molecule has 10 heteroatoms. The first-order valence-corrected chi connectivity index (χ1v) is 12.0. The van der Waals surface area contributed by atoms with E-state index in [9.17, 15) is 9.90 Å².